The van der Waals surface area contributed by atoms with Crippen LogP contribution in [0.4, 0.5) is 0 Å². The van der Waals surface area contributed by atoms with E-state index in [-0.39, 0.29) is 0 Å². The molecule has 270 valence electrons. The molecule has 0 unspecified atom stereocenters. The highest BCUT2D eigenvalue weighted by molar-refractivity contribution is 6.22. The predicted molar refractivity (Wildman–Crippen MR) is 249 cm³/mol. The standard InChI is InChI=1S/C58H38/c1-2-22-47-37(12-1)13-11-27-48(47)43-18-8-16-41(34-43)42-17-9-20-45(35-42)56-50-23-3-5-25-52(50)57(53-26-6-4-24-51(53)56)46-21-10-19-44(36-46)49-32-30-40-29-28-38-14-7-15-39-31-33-54(49)58(40)55(38)39/h1-30,32,34-36H,31,33H2. The average molecular weight is 735 g/mol. The van der Waals surface area contributed by atoms with Gasteiger partial charge in [-0.15, -0.1) is 0 Å². The molecule has 1 aliphatic rings. The molecule has 11 aromatic carbocycles. The van der Waals surface area contributed by atoms with Gasteiger partial charge >= 0.3 is 0 Å². The van der Waals surface area contributed by atoms with Crippen molar-refractivity contribution in [2.75, 3.05) is 0 Å². The van der Waals surface area contributed by atoms with Crippen LogP contribution in [0, 0.1) is 0 Å². The summed E-state index contributed by atoms with van der Waals surface area (Å²) in [5, 5.41) is 13.2. The molecule has 11 aromatic rings. The van der Waals surface area contributed by atoms with Crippen molar-refractivity contribution in [2.45, 2.75) is 12.8 Å². The summed E-state index contributed by atoms with van der Waals surface area (Å²) in [7, 11) is 0. The van der Waals surface area contributed by atoms with Crippen LogP contribution in [0.5, 0.6) is 0 Å². The third-order valence-electron chi connectivity index (χ3n) is 12.7. The topological polar surface area (TPSA) is 0 Å². The van der Waals surface area contributed by atoms with Gasteiger partial charge in [0.15, 0.2) is 0 Å². The lowest BCUT2D eigenvalue weighted by Crippen LogP contribution is -2.03. The molecule has 0 saturated carbocycles. The van der Waals surface area contributed by atoms with Gasteiger partial charge in [0.05, 0.1) is 0 Å². The van der Waals surface area contributed by atoms with E-state index in [0.29, 0.717) is 0 Å². The zero-order valence-electron chi connectivity index (χ0n) is 32.0. The van der Waals surface area contributed by atoms with E-state index >= 15 is 0 Å². The van der Waals surface area contributed by atoms with Crippen molar-refractivity contribution in [3.05, 3.63) is 217 Å². The maximum atomic E-state index is 2.44. The zero-order chi connectivity index (χ0) is 38.2. The zero-order valence-corrected chi connectivity index (χ0v) is 32.0. The Balaban J connectivity index is 1.01. The Morgan fingerprint density at radius 2 is 0.707 bits per heavy atom. The minimum Gasteiger partial charge on any atom is -0.0616 e. The van der Waals surface area contributed by atoms with Gasteiger partial charge in [-0.25, -0.2) is 0 Å². The lowest BCUT2D eigenvalue weighted by Gasteiger charge is -2.22. The van der Waals surface area contributed by atoms with Gasteiger partial charge in [0, 0.05) is 0 Å². The van der Waals surface area contributed by atoms with Crippen molar-refractivity contribution in [3.8, 4) is 55.6 Å². The summed E-state index contributed by atoms with van der Waals surface area (Å²) in [6.45, 7) is 0. The minimum atomic E-state index is 1.06. The Bertz CT molecular complexity index is 3390. The molecule has 0 heterocycles. The van der Waals surface area contributed by atoms with E-state index in [1.165, 1.54) is 121 Å². The predicted octanol–water partition coefficient (Wildman–Crippen LogP) is 15.9. The fourth-order valence-electron chi connectivity index (χ4n) is 10.1. The van der Waals surface area contributed by atoms with Crippen molar-refractivity contribution in [1.82, 2.24) is 0 Å². The van der Waals surface area contributed by atoms with E-state index in [0.717, 1.165) is 12.8 Å². The normalized spacial score (nSPS) is 12.3. The molecular weight excluding hydrogens is 697 g/mol. The van der Waals surface area contributed by atoms with Crippen molar-refractivity contribution < 1.29 is 0 Å². The van der Waals surface area contributed by atoms with Gasteiger partial charge in [-0.3, -0.25) is 0 Å². The third kappa shape index (κ3) is 5.15. The quantitative estimate of drug-likeness (QED) is 0.122. The molecule has 0 aromatic heterocycles. The molecular formula is C58H38. The Hall–Kier alpha value is -7.28. The summed E-state index contributed by atoms with van der Waals surface area (Å²) in [5.74, 6) is 0. The first-order valence-electron chi connectivity index (χ1n) is 20.5. The molecule has 0 N–H and O–H groups in total. The van der Waals surface area contributed by atoms with Crippen LogP contribution in [-0.4, -0.2) is 0 Å². The van der Waals surface area contributed by atoms with Gasteiger partial charge < -0.3 is 0 Å². The Kier molecular flexibility index (Phi) is 7.46. The van der Waals surface area contributed by atoms with Crippen LogP contribution in [0.25, 0.3) is 109 Å². The molecule has 0 saturated heterocycles. The molecule has 0 heteroatoms. The Labute approximate surface area is 338 Å². The number of hydrogen-bond donors (Lipinski definition) is 0. The highest BCUT2D eigenvalue weighted by atomic mass is 14.2. The molecule has 0 aliphatic heterocycles. The van der Waals surface area contributed by atoms with E-state index in [9.17, 15) is 0 Å². The Morgan fingerprint density at radius 3 is 1.38 bits per heavy atom. The van der Waals surface area contributed by atoms with Crippen LogP contribution >= 0.6 is 0 Å². The first-order valence-corrected chi connectivity index (χ1v) is 20.5. The smallest absolute Gasteiger partial charge is 0.00262 e. The molecule has 0 nitrogen and oxygen atoms in total. The number of benzene rings is 11. The van der Waals surface area contributed by atoms with Crippen LogP contribution in [0.3, 0.4) is 0 Å². The van der Waals surface area contributed by atoms with Crippen LogP contribution in [-0.2, 0) is 12.8 Å². The molecule has 0 spiro atoms. The first-order chi connectivity index (χ1) is 28.8. The van der Waals surface area contributed by atoms with Crippen LogP contribution in [0.1, 0.15) is 11.1 Å². The number of rotatable bonds is 5. The third-order valence-corrected chi connectivity index (χ3v) is 12.7. The SMILES string of the molecule is c1cc(-c2cccc(-c3c4ccccc4c(-c4cccc(-c5ccc6ccc7cccc8c7c6c5CC8)c4)c4ccccc34)c2)cc(-c2cccc3ccccc23)c1. The van der Waals surface area contributed by atoms with Gasteiger partial charge in [0.2, 0.25) is 0 Å². The molecule has 0 radical (unpaired) electrons. The summed E-state index contributed by atoms with van der Waals surface area (Å²) in [6.07, 6.45) is 2.13. The van der Waals surface area contributed by atoms with Crippen molar-refractivity contribution in [1.29, 1.82) is 0 Å². The molecule has 0 fully saturated rings. The van der Waals surface area contributed by atoms with Gasteiger partial charge in [-0.2, -0.15) is 0 Å². The summed E-state index contributed by atoms with van der Waals surface area (Å²) in [5.41, 5.74) is 15.5. The van der Waals surface area contributed by atoms with Gasteiger partial charge in [0.1, 0.15) is 0 Å². The summed E-state index contributed by atoms with van der Waals surface area (Å²) in [4.78, 5) is 0. The second kappa shape index (κ2) is 13.2. The summed E-state index contributed by atoms with van der Waals surface area (Å²) >= 11 is 0. The monoisotopic (exact) mass is 734 g/mol. The lowest BCUT2D eigenvalue weighted by atomic mass is 9.81. The highest BCUT2D eigenvalue weighted by Crippen LogP contribution is 2.46. The lowest BCUT2D eigenvalue weighted by molar-refractivity contribution is 0.970. The van der Waals surface area contributed by atoms with E-state index in [4.69, 9.17) is 0 Å². The molecule has 0 atom stereocenters. The van der Waals surface area contributed by atoms with Crippen molar-refractivity contribution in [3.63, 3.8) is 0 Å². The van der Waals surface area contributed by atoms with Crippen molar-refractivity contribution in [2.24, 2.45) is 0 Å². The molecule has 58 heavy (non-hydrogen) atoms. The molecule has 0 amide bonds. The summed E-state index contributed by atoms with van der Waals surface area (Å²) < 4.78 is 0. The van der Waals surface area contributed by atoms with Crippen LogP contribution < -0.4 is 0 Å². The van der Waals surface area contributed by atoms with Crippen LogP contribution in [0.2, 0.25) is 0 Å². The molecule has 1 aliphatic carbocycles. The molecule has 0 bridgehead atoms. The number of fused-ring (bicyclic) bond motifs is 3. The fraction of sp³-hybridized carbons (Fsp3) is 0.0345. The number of hydrogen-bond acceptors (Lipinski definition) is 0. The minimum absolute atomic E-state index is 1.06. The summed E-state index contributed by atoms with van der Waals surface area (Å²) in [6, 6.07) is 76.8. The number of aryl methyl sites for hydroxylation is 2. The van der Waals surface area contributed by atoms with Gasteiger partial charge in [-0.05, 0) is 152 Å². The largest absolute Gasteiger partial charge is 0.0616 e. The van der Waals surface area contributed by atoms with E-state index in [1.54, 1.807) is 0 Å². The van der Waals surface area contributed by atoms with Crippen LogP contribution in [0.15, 0.2) is 206 Å². The highest BCUT2D eigenvalue weighted by Gasteiger charge is 2.21. The van der Waals surface area contributed by atoms with Gasteiger partial charge in [0.25, 0.3) is 0 Å². The average Bonchev–Trinajstić information content (AvgIpc) is 3.30. The second-order valence-electron chi connectivity index (χ2n) is 15.9. The van der Waals surface area contributed by atoms with E-state index in [2.05, 4.69) is 206 Å². The van der Waals surface area contributed by atoms with E-state index in [1.807, 2.05) is 0 Å². The van der Waals surface area contributed by atoms with E-state index < -0.39 is 0 Å². The Morgan fingerprint density at radius 1 is 0.259 bits per heavy atom. The fourth-order valence-corrected chi connectivity index (χ4v) is 10.1. The van der Waals surface area contributed by atoms with Crippen molar-refractivity contribution >= 4 is 53.9 Å². The maximum Gasteiger partial charge on any atom is -0.00262 e. The van der Waals surface area contributed by atoms with Gasteiger partial charge in [-0.1, -0.05) is 188 Å². The maximum absolute atomic E-state index is 2.44. The first kappa shape index (κ1) is 32.9. The molecule has 12 rings (SSSR count). The second-order valence-corrected chi connectivity index (χ2v) is 15.9.